The third-order valence-corrected chi connectivity index (χ3v) is 5.66. The van der Waals surface area contributed by atoms with Gasteiger partial charge < -0.3 is 9.30 Å². The summed E-state index contributed by atoms with van der Waals surface area (Å²) < 4.78 is 30.9. The van der Waals surface area contributed by atoms with Crippen LogP contribution in [0, 0.1) is 0 Å². The number of carbonyl (C=O) groups is 1. The Labute approximate surface area is 161 Å². The molecule has 0 bridgehead atoms. The van der Waals surface area contributed by atoms with Crippen LogP contribution in [0.4, 0.5) is 0 Å². The average Bonchev–Trinajstić information content (AvgIpc) is 2.70. The number of esters is 1. The summed E-state index contributed by atoms with van der Waals surface area (Å²) in [6.07, 6.45) is 2.50. The summed E-state index contributed by atoms with van der Waals surface area (Å²) in [5, 5.41) is -0.302. The maximum atomic E-state index is 12.7. The van der Waals surface area contributed by atoms with Crippen molar-refractivity contribution in [2.45, 2.75) is 25.5 Å². The van der Waals surface area contributed by atoms with Crippen molar-refractivity contribution in [3.63, 3.8) is 0 Å². The van der Waals surface area contributed by atoms with E-state index in [9.17, 15) is 18.0 Å². The molecule has 3 aromatic rings. The number of hydrogen-bond donors (Lipinski definition) is 0. The van der Waals surface area contributed by atoms with Gasteiger partial charge >= 0.3 is 5.97 Å². The third kappa shape index (κ3) is 3.79. The summed E-state index contributed by atoms with van der Waals surface area (Å²) in [4.78, 5) is 32.9. The maximum Gasteiger partial charge on any atom is 0.343 e. The van der Waals surface area contributed by atoms with E-state index in [2.05, 4.69) is 9.97 Å². The Balaban J connectivity index is 2.28. The highest BCUT2D eigenvalue weighted by atomic mass is 32.2. The van der Waals surface area contributed by atoms with Crippen LogP contribution in [0.1, 0.15) is 29.8 Å². The van der Waals surface area contributed by atoms with Gasteiger partial charge in [-0.15, -0.1) is 0 Å². The van der Waals surface area contributed by atoms with Gasteiger partial charge in [0.15, 0.2) is 0 Å². The van der Waals surface area contributed by atoms with E-state index in [1.807, 2.05) is 30.3 Å². The molecule has 2 heterocycles. The number of pyridine rings is 1. The molecule has 0 aliphatic heterocycles. The predicted octanol–water partition coefficient (Wildman–Crippen LogP) is 1.81. The Morgan fingerprint density at radius 3 is 2.54 bits per heavy atom. The summed E-state index contributed by atoms with van der Waals surface area (Å²) in [5.74, 6) is -0.913. The summed E-state index contributed by atoms with van der Waals surface area (Å²) >= 11 is 0. The number of rotatable bonds is 6. The largest absolute Gasteiger partial charge is 0.462 e. The molecular weight excluding hydrogens is 382 g/mol. The van der Waals surface area contributed by atoms with Gasteiger partial charge in [0.05, 0.1) is 17.7 Å². The van der Waals surface area contributed by atoms with E-state index in [-0.39, 0.29) is 40.7 Å². The molecule has 0 aliphatic carbocycles. The summed E-state index contributed by atoms with van der Waals surface area (Å²) in [6, 6.07) is 9.32. The van der Waals surface area contributed by atoms with Crippen LogP contribution >= 0.6 is 0 Å². The standard InChI is InChI=1S/C19H19N3O5S/c1-3-27-18(24)15-12-22(11-13-8-6-5-7-9-13)17-14(16(15)23)10-20-19(21-17)28(25,26)4-2/h5-10,12H,3-4,11H2,1-2H3. The van der Waals surface area contributed by atoms with Crippen LogP contribution in [-0.4, -0.2) is 41.3 Å². The molecule has 0 unspecified atom stereocenters. The number of aromatic nitrogens is 3. The van der Waals surface area contributed by atoms with Crippen molar-refractivity contribution in [3.8, 4) is 0 Å². The zero-order valence-corrected chi connectivity index (χ0v) is 16.3. The summed E-state index contributed by atoms with van der Waals surface area (Å²) in [6.45, 7) is 3.54. The quantitative estimate of drug-likeness (QED) is 0.458. The topological polar surface area (TPSA) is 108 Å². The molecule has 28 heavy (non-hydrogen) atoms. The number of nitrogens with zero attached hydrogens (tertiary/aromatic N) is 3. The molecule has 0 saturated carbocycles. The fourth-order valence-corrected chi connectivity index (χ4v) is 3.39. The van der Waals surface area contributed by atoms with Crippen molar-refractivity contribution >= 4 is 26.8 Å². The number of hydrogen-bond acceptors (Lipinski definition) is 7. The second kappa shape index (κ2) is 7.89. The minimum absolute atomic E-state index is 0.0523. The molecule has 9 heteroatoms. The lowest BCUT2D eigenvalue weighted by molar-refractivity contribution is 0.0524. The minimum Gasteiger partial charge on any atom is -0.462 e. The third-order valence-electron chi connectivity index (χ3n) is 4.14. The Kier molecular flexibility index (Phi) is 5.55. The molecule has 0 spiro atoms. The Morgan fingerprint density at radius 2 is 1.89 bits per heavy atom. The predicted molar refractivity (Wildman–Crippen MR) is 103 cm³/mol. The molecule has 3 rings (SSSR count). The normalized spacial score (nSPS) is 11.5. The molecule has 0 saturated heterocycles. The lowest BCUT2D eigenvalue weighted by atomic mass is 10.2. The number of sulfone groups is 1. The van der Waals surface area contributed by atoms with Gasteiger partial charge in [0.1, 0.15) is 11.2 Å². The number of fused-ring (bicyclic) bond motifs is 1. The lowest BCUT2D eigenvalue weighted by Gasteiger charge is -2.13. The Morgan fingerprint density at radius 1 is 1.18 bits per heavy atom. The number of carbonyl (C=O) groups excluding carboxylic acids is 1. The molecule has 0 N–H and O–H groups in total. The molecular formula is C19H19N3O5S. The van der Waals surface area contributed by atoms with Crippen LogP contribution < -0.4 is 5.43 Å². The van der Waals surface area contributed by atoms with Crippen molar-refractivity contribution in [1.82, 2.24) is 14.5 Å². The van der Waals surface area contributed by atoms with Crippen LogP contribution in [0.25, 0.3) is 11.0 Å². The Bertz CT molecular complexity index is 1190. The van der Waals surface area contributed by atoms with E-state index >= 15 is 0 Å². The van der Waals surface area contributed by atoms with Gasteiger partial charge in [0.25, 0.3) is 0 Å². The monoisotopic (exact) mass is 401 g/mol. The van der Waals surface area contributed by atoms with Crippen LogP contribution in [-0.2, 0) is 21.1 Å². The van der Waals surface area contributed by atoms with Crippen molar-refractivity contribution in [2.24, 2.45) is 0 Å². The van der Waals surface area contributed by atoms with E-state index in [1.165, 1.54) is 13.1 Å². The molecule has 0 fully saturated rings. The van der Waals surface area contributed by atoms with E-state index in [0.29, 0.717) is 0 Å². The van der Waals surface area contributed by atoms with Gasteiger partial charge in [-0.2, -0.15) is 4.98 Å². The number of ether oxygens (including phenoxy) is 1. The SMILES string of the molecule is CCOC(=O)c1cn(Cc2ccccc2)c2nc(S(=O)(=O)CC)ncc2c1=O. The van der Waals surface area contributed by atoms with Gasteiger partial charge in [0.2, 0.25) is 20.4 Å². The fourth-order valence-electron chi connectivity index (χ4n) is 2.69. The smallest absolute Gasteiger partial charge is 0.343 e. The van der Waals surface area contributed by atoms with Crippen LogP contribution in [0.5, 0.6) is 0 Å². The van der Waals surface area contributed by atoms with E-state index < -0.39 is 21.2 Å². The first-order valence-corrected chi connectivity index (χ1v) is 10.4. The Hall–Kier alpha value is -3.07. The van der Waals surface area contributed by atoms with Gasteiger partial charge in [-0.1, -0.05) is 37.3 Å². The zero-order chi connectivity index (χ0) is 20.3. The van der Waals surface area contributed by atoms with E-state index in [0.717, 1.165) is 11.8 Å². The van der Waals surface area contributed by atoms with E-state index in [4.69, 9.17) is 4.74 Å². The molecule has 8 nitrogen and oxygen atoms in total. The molecule has 146 valence electrons. The van der Waals surface area contributed by atoms with Crippen molar-refractivity contribution < 1.29 is 17.9 Å². The van der Waals surface area contributed by atoms with Gasteiger partial charge in [-0.3, -0.25) is 4.79 Å². The molecule has 0 amide bonds. The van der Waals surface area contributed by atoms with Gasteiger partial charge in [-0.05, 0) is 12.5 Å². The lowest BCUT2D eigenvalue weighted by Crippen LogP contribution is -2.23. The second-order valence-electron chi connectivity index (χ2n) is 6.00. The molecule has 0 radical (unpaired) electrons. The first-order chi connectivity index (χ1) is 13.4. The summed E-state index contributed by atoms with van der Waals surface area (Å²) in [5.41, 5.74) is 0.280. The second-order valence-corrected chi connectivity index (χ2v) is 8.17. The van der Waals surface area contributed by atoms with Crippen molar-refractivity contribution in [2.75, 3.05) is 12.4 Å². The molecule has 2 aromatic heterocycles. The van der Waals surface area contributed by atoms with Crippen LogP contribution in [0.3, 0.4) is 0 Å². The fraction of sp³-hybridized carbons (Fsp3) is 0.263. The first-order valence-electron chi connectivity index (χ1n) is 8.71. The van der Waals surface area contributed by atoms with E-state index in [1.54, 1.807) is 11.5 Å². The highest BCUT2D eigenvalue weighted by Crippen LogP contribution is 2.15. The van der Waals surface area contributed by atoms with Crippen molar-refractivity contribution in [3.05, 3.63) is 64.1 Å². The number of benzene rings is 1. The highest BCUT2D eigenvalue weighted by molar-refractivity contribution is 7.91. The molecule has 1 aromatic carbocycles. The molecule has 0 atom stereocenters. The minimum atomic E-state index is -3.66. The maximum absolute atomic E-state index is 12.7. The summed E-state index contributed by atoms with van der Waals surface area (Å²) in [7, 11) is -3.66. The van der Waals surface area contributed by atoms with Crippen molar-refractivity contribution in [1.29, 1.82) is 0 Å². The van der Waals surface area contributed by atoms with Gasteiger partial charge in [0, 0.05) is 18.9 Å². The first kappa shape index (κ1) is 19.7. The average molecular weight is 401 g/mol. The highest BCUT2D eigenvalue weighted by Gasteiger charge is 2.21. The zero-order valence-electron chi connectivity index (χ0n) is 15.5. The van der Waals surface area contributed by atoms with Gasteiger partial charge in [-0.25, -0.2) is 18.2 Å². The van der Waals surface area contributed by atoms with Crippen LogP contribution in [0.2, 0.25) is 0 Å². The molecule has 0 aliphatic rings. The van der Waals surface area contributed by atoms with Crippen LogP contribution in [0.15, 0.2) is 52.7 Å².